The third kappa shape index (κ3) is 2.62. The maximum atomic E-state index is 13.1. The summed E-state index contributed by atoms with van der Waals surface area (Å²) in [4.78, 5) is 24.8. The van der Waals surface area contributed by atoms with E-state index in [1.54, 1.807) is 0 Å². The van der Waals surface area contributed by atoms with Gasteiger partial charge in [0.2, 0.25) is 5.75 Å². The Kier molecular flexibility index (Phi) is 4.75. The Morgan fingerprint density at radius 3 is 2.32 bits per heavy atom. The van der Waals surface area contributed by atoms with Gasteiger partial charge in [0.1, 0.15) is 15.8 Å². The van der Waals surface area contributed by atoms with E-state index < -0.39 is 23.3 Å². The smallest absolute Gasteiger partial charge is 0.340 e. The van der Waals surface area contributed by atoms with Crippen LogP contribution in [-0.2, 0) is 10.3 Å². The summed E-state index contributed by atoms with van der Waals surface area (Å²) >= 11 is 12.8. The molecule has 11 heteroatoms. The highest BCUT2D eigenvalue weighted by molar-refractivity contribution is 6.35. The van der Waals surface area contributed by atoms with E-state index in [0.29, 0.717) is 0 Å². The first-order valence-corrected chi connectivity index (χ1v) is 10.4. The number of hydrogen-bond donors (Lipinski definition) is 3. The van der Waals surface area contributed by atoms with Gasteiger partial charge >= 0.3 is 11.9 Å². The number of aromatic hydroxyl groups is 2. The monoisotopic (exact) mass is 504 g/mol. The van der Waals surface area contributed by atoms with Crippen molar-refractivity contribution in [2.24, 2.45) is 0 Å². The number of ether oxygens (including phenoxy) is 4. The molecule has 5 rings (SSSR count). The van der Waals surface area contributed by atoms with E-state index in [4.69, 9.17) is 42.1 Å². The molecule has 1 unspecified atom stereocenters. The van der Waals surface area contributed by atoms with Crippen LogP contribution >= 0.6 is 23.2 Å². The standard InChI is InChI=1S/C23H14Cl2O9/c1-31-19-13-18(15(25)16(27)20(19)32-2)33-17-10(5-6-12(26)14(17)24)23(13)11-7-8(21(28)29)3-4-9(11)22(30)34-23/h3-7,26-27H,1-2H3,(H,28,29). The zero-order valence-electron chi connectivity index (χ0n) is 17.4. The molecule has 34 heavy (non-hydrogen) atoms. The van der Waals surface area contributed by atoms with E-state index in [9.17, 15) is 24.9 Å². The van der Waals surface area contributed by atoms with Crippen molar-refractivity contribution >= 4 is 35.1 Å². The number of carboxylic acids is 1. The highest BCUT2D eigenvalue weighted by atomic mass is 35.5. The second-order valence-corrected chi connectivity index (χ2v) is 8.20. The lowest BCUT2D eigenvalue weighted by Crippen LogP contribution is -2.34. The third-order valence-electron chi connectivity index (χ3n) is 5.81. The summed E-state index contributed by atoms with van der Waals surface area (Å²) in [5, 5.41) is 29.9. The number of esters is 1. The lowest BCUT2D eigenvalue weighted by molar-refractivity contribution is 0.0215. The molecular formula is C23H14Cl2O9. The van der Waals surface area contributed by atoms with Gasteiger partial charge in [-0.2, -0.15) is 0 Å². The van der Waals surface area contributed by atoms with Gasteiger partial charge in [-0.25, -0.2) is 9.59 Å². The number of halogens is 2. The molecule has 0 saturated carbocycles. The van der Waals surface area contributed by atoms with Crippen LogP contribution in [0.25, 0.3) is 0 Å². The van der Waals surface area contributed by atoms with Crippen LogP contribution in [0.1, 0.15) is 37.4 Å². The Hall–Kier alpha value is -3.82. The molecule has 0 aromatic heterocycles. The molecule has 0 saturated heterocycles. The molecule has 1 atom stereocenters. The minimum Gasteiger partial charge on any atom is -0.506 e. The molecule has 9 nitrogen and oxygen atoms in total. The molecule has 2 aliphatic heterocycles. The van der Waals surface area contributed by atoms with Crippen molar-refractivity contribution in [3.05, 3.63) is 68.2 Å². The first-order chi connectivity index (χ1) is 16.2. The Morgan fingerprint density at radius 2 is 1.68 bits per heavy atom. The van der Waals surface area contributed by atoms with E-state index in [1.807, 2.05) is 0 Å². The average Bonchev–Trinajstić information content (AvgIpc) is 3.11. The largest absolute Gasteiger partial charge is 0.506 e. The molecule has 0 radical (unpaired) electrons. The van der Waals surface area contributed by atoms with Crippen molar-refractivity contribution in [1.29, 1.82) is 0 Å². The molecule has 3 aromatic rings. The van der Waals surface area contributed by atoms with E-state index in [0.717, 1.165) is 0 Å². The van der Waals surface area contributed by atoms with Crippen LogP contribution in [0.3, 0.4) is 0 Å². The Labute approximate surface area is 201 Å². The lowest BCUT2D eigenvalue weighted by atomic mass is 9.76. The first kappa shape index (κ1) is 22.0. The van der Waals surface area contributed by atoms with E-state index in [2.05, 4.69) is 0 Å². The van der Waals surface area contributed by atoms with Gasteiger partial charge in [-0.3, -0.25) is 0 Å². The number of aromatic carboxylic acids is 1. The van der Waals surface area contributed by atoms with E-state index in [-0.39, 0.29) is 66.6 Å². The summed E-state index contributed by atoms with van der Waals surface area (Å²) in [5.41, 5.74) is -1.55. The molecule has 0 bridgehead atoms. The van der Waals surface area contributed by atoms with Crippen molar-refractivity contribution in [1.82, 2.24) is 0 Å². The average molecular weight is 505 g/mol. The van der Waals surface area contributed by atoms with E-state index >= 15 is 0 Å². The second kappa shape index (κ2) is 7.34. The number of rotatable bonds is 3. The van der Waals surface area contributed by atoms with Crippen molar-refractivity contribution in [2.75, 3.05) is 14.2 Å². The number of fused-ring (bicyclic) bond motifs is 6. The van der Waals surface area contributed by atoms with Gasteiger partial charge in [-0.1, -0.05) is 23.2 Å². The van der Waals surface area contributed by atoms with Crippen molar-refractivity contribution < 1.29 is 43.9 Å². The van der Waals surface area contributed by atoms with Crippen molar-refractivity contribution in [3.8, 4) is 34.5 Å². The molecule has 0 fully saturated rings. The number of carbonyl (C=O) groups is 2. The maximum Gasteiger partial charge on any atom is 0.340 e. The number of methoxy groups -OCH3 is 2. The number of phenolic OH excluding ortho intramolecular Hbond substituents is 2. The molecule has 2 aliphatic rings. The van der Waals surface area contributed by atoms with Gasteiger partial charge in [0.25, 0.3) is 0 Å². The summed E-state index contributed by atoms with van der Waals surface area (Å²) < 4.78 is 22.7. The fraction of sp³-hybridized carbons (Fsp3) is 0.130. The predicted molar refractivity (Wildman–Crippen MR) is 118 cm³/mol. The second-order valence-electron chi connectivity index (χ2n) is 7.45. The molecule has 1 spiro atoms. The van der Waals surface area contributed by atoms with Crippen molar-refractivity contribution in [3.63, 3.8) is 0 Å². The number of carbonyl (C=O) groups excluding carboxylic acids is 1. The van der Waals surface area contributed by atoms with Crippen LogP contribution in [0.5, 0.6) is 34.5 Å². The predicted octanol–water partition coefficient (Wildman–Crippen LogP) is 4.69. The molecule has 2 heterocycles. The molecule has 3 N–H and O–H groups in total. The Balaban J connectivity index is 2.02. The summed E-state index contributed by atoms with van der Waals surface area (Å²) in [6, 6.07) is 6.58. The number of phenols is 2. The van der Waals surface area contributed by atoms with Crippen LogP contribution in [0.15, 0.2) is 30.3 Å². The van der Waals surface area contributed by atoms with Gasteiger partial charge in [0.05, 0.1) is 30.9 Å². The normalized spacial score (nSPS) is 17.4. The maximum absolute atomic E-state index is 13.1. The van der Waals surface area contributed by atoms with Crippen molar-refractivity contribution in [2.45, 2.75) is 5.60 Å². The molecule has 174 valence electrons. The number of hydrogen-bond acceptors (Lipinski definition) is 8. The quantitative estimate of drug-likeness (QED) is 0.434. The topological polar surface area (TPSA) is 132 Å². The Morgan fingerprint density at radius 1 is 0.971 bits per heavy atom. The Bertz CT molecular complexity index is 1430. The third-order valence-corrected chi connectivity index (χ3v) is 6.53. The highest BCUT2D eigenvalue weighted by Crippen LogP contribution is 2.65. The minimum atomic E-state index is -1.87. The lowest BCUT2D eigenvalue weighted by Gasteiger charge is -2.38. The van der Waals surface area contributed by atoms with Crippen LogP contribution in [0.2, 0.25) is 10.0 Å². The van der Waals surface area contributed by atoms with Crippen LogP contribution in [-0.4, -0.2) is 41.5 Å². The zero-order valence-corrected chi connectivity index (χ0v) is 18.9. The molecule has 3 aromatic carbocycles. The minimum absolute atomic E-state index is 0.0403. The molecule has 0 aliphatic carbocycles. The molecular weight excluding hydrogens is 491 g/mol. The summed E-state index contributed by atoms with van der Waals surface area (Å²) in [7, 11) is 2.57. The summed E-state index contributed by atoms with van der Waals surface area (Å²) in [6.07, 6.45) is 0. The SMILES string of the molecule is COc1c(O)c(Cl)c2c(c1OC)C1(OC(=O)c3ccc(C(=O)O)cc31)c1ccc(O)c(Cl)c1O2. The first-order valence-electron chi connectivity index (χ1n) is 9.65. The number of carboxylic acid groups (broad SMARTS) is 1. The fourth-order valence-corrected chi connectivity index (χ4v) is 4.80. The highest BCUT2D eigenvalue weighted by Gasteiger charge is 2.57. The van der Waals surface area contributed by atoms with Gasteiger partial charge < -0.3 is 34.3 Å². The van der Waals surface area contributed by atoms with Crippen LogP contribution in [0.4, 0.5) is 0 Å². The molecule has 0 amide bonds. The van der Waals surface area contributed by atoms with Gasteiger partial charge in [-0.15, -0.1) is 0 Å². The van der Waals surface area contributed by atoms with Gasteiger partial charge in [-0.05, 0) is 30.3 Å². The van der Waals surface area contributed by atoms with E-state index in [1.165, 1.54) is 44.6 Å². The van der Waals surface area contributed by atoms with Gasteiger partial charge in [0.15, 0.2) is 28.6 Å². The summed E-state index contributed by atoms with van der Waals surface area (Å²) in [6.45, 7) is 0. The van der Waals surface area contributed by atoms with Crippen LogP contribution < -0.4 is 14.2 Å². The summed E-state index contributed by atoms with van der Waals surface area (Å²) in [5.74, 6) is -3.37. The fourth-order valence-electron chi connectivity index (χ4n) is 4.38. The van der Waals surface area contributed by atoms with Crippen LogP contribution in [0, 0.1) is 0 Å². The number of benzene rings is 3. The van der Waals surface area contributed by atoms with Gasteiger partial charge in [0, 0.05) is 11.1 Å². The zero-order chi connectivity index (χ0) is 24.5.